The van der Waals surface area contributed by atoms with Crippen molar-refractivity contribution in [3.8, 4) is 0 Å². The molecule has 0 spiro atoms. The fourth-order valence-electron chi connectivity index (χ4n) is 1.86. The summed E-state index contributed by atoms with van der Waals surface area (Å²) >= 11 is 0. The standard InChI is InChI=1S/C12H14F2N4O2S/c1-7-12(11(5-15)18-17-7)21(19,20)16-6-8-2-3-9(13)10(14)4-8/h2-4,16H,5-6,15H2,1H3,(H,17,18). The predicted octanol–water partition coefficient (Wildman–Crippen LogP) is 0.934. The highest BCUT2D eigenvalue weighted by Gasteiger charge is 2.23. The van der Waals surface area contributed by atoms with Gasteiger partial charge in [0, 0.05) is 13.1 Å². The second-order valence-corrected chi connectivity index (χ2v) is 6.11. The largest absolute Gasteiger partial charge is 0.325 e. The van der Waals surface area contributed by atoms with Gasteiger partial charge in [-0.05, 0) is 24.6 Å². The van der Waals surface area contributed by atoms with Gasteiger partial charge >= 0.3 is 0 Å². The van der Waals surface area contributed by atoms with Crippen LogP contribution in [0.15, 0.2) is 23.1 Å². The van der Waals surface area contributed by atoms with Crippen molar-refractivity contribution in [3.63, 3.8) is 0 Å². The van der Waals surface area contributed by atoms with Crippen LogP contribution in [0.4, 0.5) is 8.78 Å². The Bertz CT molecular complexity index is 759. The zero-order chi connectivity index (χ0) is 15.6. The molecule has 0 unspecified atom stereocenters. The third-order valence-electron chi connectivity index (χ3n) is 2.87. The average Bonchev–Trinajstić information content (AvgIpc) is 2.82. The Kier molecular flexibility index (Phi) is 4.35. The molecule has 2 rings (SSSR count). The van der Waals surface area contributed by atoms with E-state index in [1.807, 2.05) is 0 Å². The molecular weight excluding hydrogens is 302 g/mol. The summed E-state index contributed by atoms with van der Waals surface area (Å²) in [5, 5.41) is 6.35. The summed E-state index contributed by atoms with van der Waals surface area (Å²) in [5.41, 5.74) is 6.31. The first-order valence-electron chi connectivity index (χ1n) is 6.02. The monoisotopic (exact) mass is 316 g/mol. The number of hydrogen-bond donors (Lipinski definition) is 3. The van der Waals surface area contributed by atoms with Crippen molar-refractivity contribution in [1.29, 1.82) is 0 Å². The number of aryl methyl sites for hydroxylation is 1. The van der Waals surface area contributed by atoms with E-state index in [2.05, 4.69) is 14.9 Å². The van der Waals surface area contributed by atoms with Crippen molar-refractivity contribution >= 4 is 10.0 Å². The van der Waals surface area contributed by atoms with E-state index >= 15 is 0 Å². The van der Waals surface area contributed by atoms with E-state index in [1.54, 1.807) is 6.92 Å². The fourth-order valence-corrected chi connectivity index (χ4v) is 3.25. The number of sulfonamides is 1. The van der Waals surface area contributed by atoms with E-state index < -0.39 is 21.7 Å². The molecule has 1 aromatic carbocycles. The Morgan fingerprint density at radius 2 is 2.05 bits per heavy atom. The molecule has 0 atom stereocenters. The molecule has 1 aromatic heterocycles. The van der Waals surface area contributed by atoms with Crippen LogP contribution >= 0.6 is 0 Å². The normalized spacial score (nSPS) is 11.8. The number of rotatable bonds is 5. The summed E-state index contributed by atoms with van der Waals surface area (Å²) in [4.78, 5) is -0.0208. The van der Waals surface area contributed by atoms with E-state index in [1.165, 1.54) is 6.07 Å². The number of nitrogens with two attached hydrogens (primary N) is 1. The van der Waals surface area contributed by atoms with Crippen molar-refractivity contribution in [2.75, 3.05) is 0 Å². The number of aromatic amines is 1. The zero-order valence-corrected chi connectivity index (χ0v) is 12.0. The maximum atomic E-state index is 13.1. The molecule has 114 valence electrons. The minimum absolute atomic E-state index is 0.0208. The maximum Gasteiger partial charge on any atom is 0.244 e. The van der Waals surface area contributed by atoms with E-state index in [-0.39, 0.29) is 23.7 Å². The first-order chi connectivity index (χ1) is 9.85. The summed E-state index contributed by atoms with van der Waals surface area (Å²) in [5.74, 6) is -2.02. The lowest BCUT2D eigenvalue weighted by Crippen LogP contribution is -2.25. The summed E-state index contributed by atoms with van der Waals surface area (Å²) in [6.07, 6.45) is 0. The van der Waals surface area contributed by atoms with Gasteiger partial charge in [-0.3, -0.25) is 5.10 Å². The molecule has 0 fully saturated rings. The summed E-state index contributed by atoms with van der Waals surface area (Å²) in [6.45, 7) is 1.35. The Balaban J connectivity index is 2.21. The van der Waals surface area contributed by atoms with Crippen molar-refractivity contribution in [1.82, 2.24) is 14.9 Å². The number of benzene rings is 1. The molecule has 0 aliphatic carbocycles. The fraction of sp³-hybridized carbons (Fsp3) is 0.250. The Hall–Kier alpha value is -1.84. The second kappa shape index (κ2) is 5.88. The molecule has 1 heterocycles. The van der Waals surface area contributed by atoms with Gasteiger partial charge in [0.15, 0.2) is 11.6 Å². The Labute approximate surface area is 120 Å². The van der Waals surface area contributed by atoms with Crippen LogP contribution < -0.4 is 10.5 Å². The van der Waals surface area contributed by atoms with Gasteiger partial charge in [-0.25, -0.2) is 21.9 Å². The molecule has 2 aromatic rings. The second-order valence-electron chi connectivity index (χ2n) is 4.40. The Morgan fingerprint density at radius 3 is 2.67 bits per heavy atom. The van der Waals surface area contributed by atoms with Crippen LogP contribution in [-0.4, -0.2) is 18.6 Å². The SMILES string of the molecule is Cc1[nH]nc(CN)c1S(=O)(=O)NCc1ccc(F)c(F)c1. The molecule has 21 heavy (non-hydrogen) atoms. The lowest BCUT2D eigenvalue weighted by Gasteiger charge is -2.08. The topological polar surface area (TPSA) is 101 Å². The number of nitrogens with zero attached hydrogens (tertiary/aromatic N) is 1. The summed E-state index contributed by atoms with van der Waals surface area (Å²) in [7, 11) is -3.85. The van der Waals surface area contributed by atoms with E-state index in [0.717, 1.165) is 12.1 Å². The number of halogens is 2. The molecule has 0 radical (unpaired) electrons. The van der Waals surface area contributed by atoms with Gasteiger partial charge in [-0.2, -0.15) is 5.10 Å². The van der Waals surface area contributed by atoms with Crippen LogP contribution in [0.2, 0.25) is 0 Å². The molecule has 9 heteroatoms. The van der Waals surface area contributed by atoms with Crippen molar-refractivity contribution in [2.45, 2.75) is 24.9 Å². The molecule has 0 saturated heterocycles. The smallest absolute Gasteiger partial charge is 0.244 e. The van der Waals surface area contributed by atoms with Gasteiger partial charge in [0.25, 0.3) is 0 Å². The minimum Gasteiger partial charge on any atom is -0.325 e. The van der Waals surface area contributed by atoms with Crippen molar-refractivity contribution < 1.29 is 17.2 Å². The number of hydrogen-bond acceptors (Lipinski definition) is 4. The predicted molar refractivity (Wildman–Crippen MR) is 71.6 cm³/mol. The van der Waals surface area contributed by atoms with E-state index in [0.29, 0.717) is 11.3 Å². The van der Waals surface area contributed by atoms with E-state index in [4.69, 9.17) is 5.73 Å². The van der Waals surface area contributed by atoms with Gasteiger partial charge in [0.2, 0.25) is 10.0 Å². The molecule has 0 saturated carbocycles. The van der Waals surface area contributed by atoms with Gasteiger partial charge in [-0.1, -0.05) is 6.07 Å². The third-order valence-corrected chi connectivity index (χ3v) is 4.48. The van der Waals surface area contributed by atoms with Gasteiger partial charge in [0.1, 0.15) is 4.90 Å². The summed E-state index contributed by atoms with van der Waals surface area (Å²) in [6, 6.07) is 3.17. The lowest BCUT2D eigenvalue weighted by molar-refractivity contribution is 0.506. The highest BCUT2D eigenvalue weighted by atomic mass is 32.2. The Morgan fingerprint density at radius 1 is 1.33 bits per heavy atom. The van der Waals surface area contributed by atoms with Crippen molar-refractivity contribution in [2.24, 2.45) is 5.73 Å². The minimum atomic E-state index is -3.85. The zero-order valence-electron chi connectivity index (χ0n) is 11.2. The van der Waals surface area contributed by atoms with Gasteiger partial charge in [0.05, 0.1) is 11.4 Å². The van der Waals surface area contributed by atoms with Crippen LogP contribution in [-0.2, 0) is 23.1 Å². The molecule has 6 nitrogen and oxygen atoms in total. The van der Waals surface area contributed by atoms with Crippen LogP contribution in [0.3, 0.4) is 0 Å². The quantitative estimate of drug-likeness (QED) is 0.764. The van der Waals surface area contributed by atoms with Crippen LogP contribution in [0, 0.1) is 18.6 Å². The maximum absolute atomic E-state index is 13.1. The highest BCUT2D eigenvalue weighted by Crippen LogP contribution is 2.17. The summed E-state index contributed by atoms with van der Waals surface area (Å²) < 4.78 is 52.6. The number of aromatic nitrogens is 2. The van der Waals surface area contributed by atoms with Gasteiger partial charge in [-0.15, -0.1) is 0 Å². The third kappa shape index (κ3) is 3.26. The van der Waals surface area contributed by atoms with E-state index in [9.17, 15) is 17.2 Å². The molecular formula is C12H14F2N4O2S. The highest BCUT2D eigenvalue weighted by molar-refractivity contribution is 7.89. The van der Waals surface area contributed by atoms with Gasteiger partial charge < -0.3 is 5.73 Å². The first kappa shape index (κ1) is 15.5. The lowest BCUT2D eigenvalue weighted by atomic mass is 10.2. The number of nitrogens with one attached hydrogen (secondary N) is 2. The molecule has 0 aliphatic heterocycles. The van der Waals surface area contributed by atoms with Crippen molar-refractivity contribution in [3.05, 3.63) is 46.8 Å². The van der Waals surface area contributed by atoms with Crippen LogP contribution in [0.1, 0.15) is 17.0 Å². The molecule has 0 aliphatic rings. The first-order valence-corrected chi connectivity index (χ1v) is 7.51. The average molecular weight is 316 g/mol. The number of H-pyrrole nitrogens is 1. The molecule has 0 amide bonds. The van der Waals surface area contributed by atoms with Crippen LogP contribution in [0.25, 0.3) is 0 Å². The molecule has 4 N–H and O–H groups in total. The van der Waals surface area contributed by atoms with Crippen LogP contribution in [0.5, 0.6) is 0 Å². The molecule has 0 bridgehead atoms.